The Morgan fingerprint density at radius 2 is 1.76 bits per heavy atom. The standard InChI is InChI=1S/C31H44N2O/c1-20(8-13-29-32-19-21-6-4-5-7-28(21)33-29)25-11-12-26-24-10-9-22-18-23(34)14-16-30(22,2)27(24)15-17-31(25,26)3/h4-7,19-20,22-27,34H,8-18H2,1-3H3/t20-,22?,23-,24?,25-,26?,27?,30?,31?/m1/s1. The molecule has 4 saturated carbocycles. The molecule has 6 rings (SSSR count). The smallest absolute Gasteiger partial charge is 0.128 e. The van der Waals surface area contributed by atoms with E-state index in [0.717, 1.165) is 71.5 Å². The summed E-state index contributed by atoms with van der Waals surface area (Å²) in [6.07, 6.45) is 16.0. The fourth-order valence-corrected chi connectivity index (χ4v) is 9.90. The Morgan fingerprint density at radius 1 is 0.971 bits per heavy atom. The maximum atomic E-state index is 10.3. The Labute approximate surface area is 206 Å². The highest BCUT2D eigenvalue weighted by atomic mass is 16.3. The highest BCUT2D eigenvalue weighted by Gasteiger charge is 2.60. The second-order valence-electron chi connectivity index (χ2n) is 13.2. The zero-order valence-electron chi connectivity index (χ0n) is 21.5. The highest BCUT2D eigenvalue weighted by Crippen LogP contribution is 2.68. The van der Waals surface area contributed by atoms with E-state index < -0.39 is 0 Å². The molecule has 6 unspecified atom stereocenters. The molecule has 0 aliphatic heterocycles. The lowest BCUT2D eigenvalue weighted by atomic mass is 9.44. The van der Waals surface area contributed by atoms with Crippen LogP contribution in [0.1, 0.15) is 90.8 Å². The van der Waals surface area contributed by atoms with Crippen LogP contribution in [0.2, 0.25) is 0 Å². The molecule has 1 heterocycles. The topological polar surface area (TPSA) is 46.0 Å². The molecule has 1 aromatic carbocycles. The minimum Gasteiger partial charge on any atom is -0.393 e. The Hall–Kier alpha value is -1.48. The molecule has 1 aromatic heterocycles. The molecule has 3 heteroatoms. The van der Waals surface area contributed by atoms with Crippen LogP contribution >= 0.6 is 0 Å². The first-order valence-corrected chi connectivity index (χ1v) is 14.3. The molecule has 184 valence electrons. The number of nitrogens with zero attached hydrogens (tertiary/aromatic N) is 2. The van der Waals surface area contributed by atoms with Crippen molar-refractivity contribution >= 4 is 10.9 Å². The van der Waals surface area contributed by atoms with E-state index in [2.05, 4.69) is 50.0 Å². The molecular formula is C31H44N2O. The van der Waals surface area contributed by atoms with Gasteiger partial charge in [0.15, 0.2) is 0 Å². The Bertz CT molecular complexity index is 1040. The Balaban J connectivity index is 1.15. The summed E-state index contributed by atoms with van der Waals surface area (Å²) >= 11 is 0. The van der Waals surface area contributed by atoms with Gasteiger partial charge < -0.3 is 5.11 Å². The van der Waals surface area contributed by atoms with Gasteiger partial charge in [-0.25, -0.2) is 9.97 Å². The number of fused-ring (bicyclic) bond motifs is 6. The first-order valence-electron chi connectivity index (χ1n) is 14.3. The number of aliphatic hydroxyl groups is 1. The van der Waals surface area contributed by atoms with Crippen molar-refractivity contribution in [3.8, 4) is 0 Å². The zero-order valence-corrected chi connectivity index (χ0v) is 21.5. The number of rotatable bonds is 4. The third-order valence-electron chi connectivity index (χ3n) is 11.8. The van der Waals surface area contributed by atoms with Crippen LogP contribution in [0.25, 0.3) is 10.9 Å². The number of aryl methyl sites for hydroxylation is 1. The van der Waals surface area contributed by atoms with E-state index in [9.17, 15) is 5.11 Å². The minimum absolute atomic E-state index is 0.0354. The average molecular weight is 461 g/mol. The van der Waals surface area contributed by atoms with Gasteiger partial charge in [-0.3, -0.25) is 0 Å². The molecule has 3 nitrogen and oxygen atoms in total. The zero-order chi connectivity index (χ0) is 23.5. The van der Waals surface area contributed by atoms with Crippen LogP contribution in [0, 0.1) is 46.3 Å². The number of aromatic nitrogens is 2. The van der Waals surface area contributed by atoms with Gasteiger partial charge in [0.05, 0.1) is 11.6 Å². The number of benzene rings is 1. The predicted molar refractivity (Wildman–Crippen MR) is 138 cm³/mol. The summed E-state index contributed by atoms with van der Waals surface area (Å²) in [5.74, 6) is 6.10. The summed E-state index contributed by atoms with van der Waals surface area (Å²) in [6.45, 7) is 7.81. The lowest BCUT2D eigenvalue weighted by molar-refractivity contribution is -0.129. The molecule has 0 amide bonds. The van der Waals surface area contributed by atoms with E-state index in [1.165, 1.54) is 51.4 Å². The van der Waals surface area contributed by atoms with Crippen molar-refractivity contribution in [3.05, 3.63) is 36.3 Å². The van der Waals surface area contributed by atoms with E-state index in [0.29, 0.717) is 10.8 Å². The summed E-state index contributed by atoms with van der Waals surface area (Å²) in [5.41, 5.74) is 2.08. The van der Waals surface area contributed by atoms with Gasteiger partial charge in [0.25, 0.3) is 0 Å². The highest BCUT2D eigenvalue weighted by molar-refractivity contribution is 5.77. The molecule has 2 aromatic rings. The van der Waals surface area contributed by atoms with E-state index in [-0.39, 0.29) is 6.10 Å². The van der Waals surface area contributed by atoms with Crippen molar-refractivity contribution in [2.75, 3.05) is 0 Å². The van der Waals surface area contributed by atoms with Crippen LogP contribution in [-0.2, 0) is 6.42 Å². The first kappa shape index (κ1) is 23.0. The number of hydrogen-bond donors (Lipinski definition) is 1. The second kappa shape index (κ2) is 8.57. The average Bonchev–Trinajstić information content (AvgIpc) is 3.20. The van der Waals surface area contributed by atoms with E-state index in [4.69, 9.17) is 4.98 Å². The number of hydrogen-bond acceptors (Lipinski definition) is 3. The van der Waals surface area contributed by atoms with Gasteiger partial charge in [0.2, 0.25) is 0 Å². The van der Waals surface area contributed by atoms with Gasteiger partial charge >= 0.3 is 0 Å². The molecule has 34 heavy (non-hydrogen) atoms. The van der Waals surface area contributed by atoms with Crippen LogP contribution in [0.15, 0.2) is 30.5 Å². The fraction of sp³-hybridized carbons (Fsp3) is 0.742. The quantitative estimate of drug-likeness (QED) is 0.524. The van der Waals surface area contributed by atoms with Crippen molar-refractivity contribution in [2.24, 2.45) is 46.3 Å². The lowest BCUT2D eigenvalue weighted by Crippen LogP contribution is -2.54. The van der Waals surface area contributed by atoms with Crippen LogP contribution in [0.5, 0.6) is 0 Å². The Morgan fingerprint density at radius 3 is 2.65 bits per heavy atom. The van der Waals surface area contributed by atoms with Crippen LogP contribution < -0.4 is 0 Å². The molecule has 9 atom stereocenters. The molecular weight excluding hydrogens is 416 g/mol. The lowest BCUT2D eigenvalue weighted by Gasteiger charge is -2.61. The minimum atomic E-state index is -0.0354. The number of para-hydroxylation sites is 1. The van der Waals surface area contributed by atoms with Gasteiger partial charge in [0.1, 0.15) is 5.82 Å². The van der Waals surface area contributed by atoms with Crippen molar-refractivity contribution in [2.45, 2.75) is 97.5 Å². The summed E-state index contributed by atoms with van der Waals surface area (Å²) in [6, 6.07) is 8.33. The van der Waals surface area contributed by atoms with Gasteiger partial charge in [0, 0.05) is 18.0 Å². The van der Waals surface area contributed by atoms with Gasteiger partial charge in [-0.15, -0.1) is 0 Å². The third-order valence-corrected chi connectivity index (χ3v) is 11.8. The molecule has 4 aliphatic rings. The molecule has 4 aliphatic carbocycles. The van der Waals surface area contributed by atoms with Crippen molar-refractivity contribution < 1.29 is 5.11 Å². The largest absolute Gasteiger partial charge is 0.393 e. The monoisotopic (exact) mass is 460 g/mol. The van der Waals surface area contributed by atoms with E-state index in [1.54, 1.807) is 0 Å². The van der Waals surface area contributed by atoms with E-state index >= 15 is 0 Å². The molecule has 4 fully saturated rings. The van der Waals surface area contributed by atoms with E-state index in [1.807, 2.05) is 6.20 Å². The SMILES string of the molecule is C[C@H](CCc1ncc2ccccc2n1)[C@H]1CCC2C3CCC4C[C@H](O)CCC4(C)C3CCC21C. The molecule has 0 saturated heterocycles. The third kappa shape index (κ3) is 3.64. The first-order chi connectivity index (χ1) is 16.4. The number of aliphatic hydroxyl groups excluding tert-OH is 1. The van der Waals surface area contributed by atoms with Crippen LogP contribution in [-0.4, -0.2) is 21.2 Å². The second-order valence-corrected chi connectivity index (χ2v) is 13.2. The molecule has 1 N–H and O–H groups in total. The van der Waals surface area contributed by atoms with Gasteiger partial charge in [-0.05, 0) is 117 Å². The predicted octanol–water partition coefficient (Wildman–Crippen LogP) is 7.22. The van der Waals surface area contributed by atoms with Gasteiger partial charge in [-0.1, -0.05) is 39.0 Å². The summed E-state index contributed by atoms with van der Waals surface area (Å²) in [7, 11) is 0. The maximum Gasteiger partial charge on any atom is 0.128 e. The Kier molecular flexibility index (Phi) is 5.79. The van der Waals surface area contributed by atoms with Gasteiger partial charge in [-0.2, -0.15) is 0 Å². The summed E-state index contributed by atoms with van der Waals surface area (Å²) in [4.78, 5) is 9.53. The van der Waals surface area contributed by atoms with Crippen LogP contribution in [0.4, 0.5) is 0 Å². The summed E-state index contributed by atoms with van der Waals surface area (Å²) in [5, 5.41) is 11.5. The van der Waals surface area contributed by atoms with Crippen LogP contribution in [0.3, 0.4) is 0 Å². The molecule has 0 bridgehead atoms. The molecule has 0 spiro atoms. The fourth-order valence-electron chi connectivity index (χ4n) is 9.90. The molecule has 0 radical (unpaired) electrons. The van der Waals surface area contributed by atoms with Crippen molar-refractivity contribution in [1.82, 2.24) is 9.97 Å². The van der Waals surface area contributed by atoms with Crippen molar-refractivity contribution in [3.63, 3.8) is 0 Å². The van der Waals surface area contributed by atoms with Crippen molar-refractivity contribution in [1.29, 1.82) is 0 Å². The maximum absolute atomic E-state index is 10.3. The summed E-state index contributed by atoms with van der Waals surface area (Å²) < 4.78 is 0. The normalized spacial score (nSPS) is 42.6.